The van der Waals surface area contributed by atoms with Crippen LogP contribution in [0.15, 0.2) is 18.3 Å². The number of aromatic nitrogens is 1. The number of nitrogens with zero attached hydrogens (tertiary/aromatic N) is 2. The molecule has 1 aromatic rings. The first-order valence-electron chi connectivity index (χ1n) is 8.47. The lowest BCUT2D eigenvalue weighted by Gasteiger charge is -2.28. The van der Waals surface area contributed by atoms with E-state index >= 15 is 0 Å². The Morgan fingerprint density at radius 2 is 2.13 bits per heavy atom. The first-order valence-corrected chi connectivity index (χ1v) is 8.47. The first-order chi connectivity index (χ1) is 11.1. The topological polar surface area (TPSA) is 77.5 Å². The largest absolute Gasteiger partial charge is 0.394 e. The van der Waals surface area contributed by atoms with Gasteiger partial charge >= 0.3 is 6.03 Å². The molecule has 6 heteroatoms. The van der Waals surface area contributed by atoms with Gasteiger partial charge in [-0.3, -0.25) is 0 Å². The summed E-state index contributed by atoms with van der Waals surface area (Å²) in [5, 5.41) is 15.3. The van der Waals surface area contributed by atoms with Crippen LogP contribution in [0.1, 0.15) is 38.2 Å². The first kappa shape index (κ1) is 16.1. The van der Waals surface area contributed by atoms with Crippen LogP contribution >= 0.6 is 0 Å². The summed E-state index contributed by atoms with van der Waals surface area (Å²) < 4.78 is 0. The van der Waals surface area contributed by atoms with Crippen LogP contribution in [-0.4, -0.2) is 41.4 Å². The third-order valence-corrected chi connectivity index (χ3v) is 4.90. The van der Waals surface area contributed by atoms with Crippen LogP contribution in [0.4, 0.5) is 10.6 Å². The predicted octanol–water partition coefficient (Wildman–Crippen LogP) is 1.64. The molecule has 1 atom stereocenters. The lowest BCUT2D eigenvalue weighted by Crippen LogP contribution is -2.53. The quantitative estimate of drug-likeness (QED) is 0.745. The molecule has 0 spiro atoms. The summed E-state index contributed by atoms with van der Waals surface area (Å²) >= 11 is 0. The smallest absolute Gasteiger partial charge is 0.315 e. The van der Waals surface area contributed by atoms with Crippen LogP contribution in [0.5, 0.6) is 0 Å². The number of anilines is 1. The molecule has 0 aromatic carbocycles. The molecule has 1 aromatic heterocycles. The van der Waals surface area contributed by atoms with E-state index in [0.717, 1.165) is 37.3 Å². The van der Waals surface area contributed by atoms with Crippen LogP contribution in [-0.2, 0) is 6.54 Å². The summed E-state index contributed by atoms with van der Waals surface area (Å²) in [5.74, 6) is 1.40. The highest BCUT2D eigenvalue weighted by Gasteiger charge is 2.42. The van der Waals surface area contributed by atoms with E-state index in [0.29, 0.717) is 12.5 Å². The van der Waals surface area contributed by atoms with Crippen molar-refractivity contribution in [3.8, 4) is 0 Å². The molecule has 1 saturated carbocycles. The molecule has 126 valence electrons. The fraction of sp³-hybridized carbons (Fsp3) is 0.647. The second-order valence-electron chi connectivity index (χ2n) is 6.88. The summed E-state index contributed by atoms with van der Waals surface area (Å²) in [7, 11) is 0. The summed E-state index contributed by atoms with van der Waals surface area (Å²) in [6.07, 6.45) is 6.42. The van der Waals surface area contributed by atoms with Crippen molar-refractivity contribution in [3.63, 3.8) is 0 Å². The van der Waals surface area contributed by atoms with Crippen LogP contribution in [0.2, 0.25) is 0 Å². The maximum Gasteiger partial charge on any atom is 0.315 e. The predicted molar refractivity (Wildman–Crippen MR) is 89.3 cm³/mol. The van der Waals surface area contributed by atoms with E-state index in [1.165, 1.54) is 12.8 Å². The zero-order chi connectivity index (χ0) is 16.3. The molecular formula is C17H26N4O2. The number of pyridine rings is 1. The molecule has 23 heavy (non-hydrogen) atoms. The van der Waals surface area contributed by atoms with Gasteiger partial charge in [-0.1, -0.05) is 6.07 Å². The van der Waals surface area contributed by atoms with E-state index in [1.807, 2.05) is 25.3 Å². The third-order valence-electron chi connectivity index (χ3n) is 4.90. The van der Waals surface area contributed by atoms with Crippen molar-refractivity contribution >= 4 is 11.8 Å². The van der Waals surface area contributed by atoms with Crippen molar-refractivity contribution in [2.45, 2.75) is 44.7 Å². The summed E-state index contributed by atoms with van der Waals surface area (Å²) in [6, 6.07) is 3.78. The number of carbonyl (C=O) groups excluding carboxylic acids is 1. The average molecular weight is 318 g/mol. The molecular weight excluding hydrogens is 292 g/mol. The fourth-order valence-electron chi connectivity index (χ4n) is 3.13. The molecule has 1 unspecified atom stereocenters. The number of nitrogens with one attached hydrogen (secondary N) is 2. The number of urea groups is 1. The van der Waals surface area contributed by atoms with Gasteiger partial charge in [-0.15, -0.1) is 0 Å². The maximum atomic E-state index is 12.0. The molecule has 3 N–H and O–H groups in total. The molecule has 6 nitrogen and oxygen atoms in total. The number of hydrogen-bond acceptors (Lipinski definition) is 4. The van der Waals surface area contributed by atoms with E-state index < -0.39 is 5.54 Å². The van der Waals surface area contributed by atoms with E-state index in [9.17, 15) is 9.90 Å². The Kier molecular flexibility index (Phi) is 4.71. The van der Waals surface area contributed by atoms with E-state index in [2.05, 4.69) is 20.5 Å². The van der Waals surface area contributed by atoms with Gasteiger partial charge in [-0.2, -0.15) is 0 Å². The second kappa shape index (κ2) is 6.74. The van der Waals surface area contributed by atoms with Gasteiger partial charge in [0.1, 0.15) is 5.82 Å². The zero-order valence-electron chi connectivity index (χ0n) is 13.7. The van der Waals surface area contributed by atoms with Gasteiger partial charge in [0, 0.05) is 25.8 Å². The number of carbonyl (C=O) groups is 1. The van der Waals surface area contributed by atoms with Crippen molar-refractivity contribution in [1.29, 1.82) is 0 Å². The van der Waals surface area contributed by atoms with Crippen molar-refractivity contribution < 1.29 is 9.90 Å². The highest BCUT2D eigenvalue weighted by molar-refractivity contribution is 5.74. The van der Waals surface area contributed by atoms with Gasteiger partial charge in [0.2, 0.25) is 0 Å². The third kappa shape index (κ3) is 3.93. The SMILES string of the molecule is CC(CO)(NC(=O)NCc1ccc(N2CCCC2)nc1)C1CC1. The Hall–Kier alpha value is -1.82. The van der Waals surface area contributed by atoms with Crippen LogP contribution < -0.4 is 15.5 Å². The van der Waals surface area contributed by atoms with Gasteiger partial charge < -0.3 is 20.6 Å². The molecule has 2 aliphatic rings. The Balaban J connectivity index is 1.48. The maximum absolute atomic E-state index is 12.0. The number of aliphatic hydroxyl groups is 1. The Labute approximate surface area is 137 Å². The van der Waals surface area contributed by atoms with E-state index in [1.54, 1.807) is 0 Å². The second-order valence-corrected chi connectivity index (χ2v) is 6.88. The number of amides is 2. The van der Waals surface area contributed by atoms with Gasteiger partial charge in [0.05, 0.1) is 12.1 Å². The van der Waals surface area contributed by atoms with Gasteiger partial charge in [0.25, 0.3) is 0 Å². The minimum absolute atomic E-state index is 0.0306. The van der Waals surface area contributed by atoms with Crippen LogP contribution in [0.25, 0.3) is 0 Å². The molecule has 0 bridgehead atoms. The Morgan fingerprint density at radius 1 is 1.39 bits per heavy atom. The fourth-order valence-corrected chi connectivity index (χ4v) is 3.13. The minimum atomic E-state index is -0.512. The average Bonchev–Trinajstić information content (AvgIpc) is 3.29. The Morgan fingerprint density at radius 3 is 2.70 bits per heavy atom. The molecule has 1 aliphatic heterocycles. The van der Waals surface area contributed by atoms with Crippen molar-refractivity contribution in [2.24, 2.45) is 5.92 Å². The number of aliphatic hydroxyl groups excluding tert-OH is 1. The van der Waals surface area contributed by atoms with Crippen LogP contribution in [0, 0.1) is 5.92 Å². The minimum Gasteiger partial charge on any atom is -0.394 e. The van der Waals surface area contributed by atoms with Crippen molar-refractivity contribution in [1.82, 2.24) is 15.6 Å². The molecule has 2 amide bonds. The molecule has 1 saturated heterocycles. The molecule has 1 aliphatic carbocycles. The lowest BCUT2D eigenvalue weighted by atomic mass is 9.97. The Bertz CT molecular complexity index is 538. The summed E-state index contributed by atoms with van der Waals surface area (Å²) in [5.41, 5.74) is 0.460. The normalized spacial score (nSPS) is 20.2. The van der Waals surface area contributed by atoms with Crippen LogP contribution in [0.3, 0.4) is 0 Å². The van der Waals surface area contributed by atoms with Crippen molar-refractivity contribution in [3.05, 3.63) is 23.9 Å². The van der Waals surface area contributed by atoms with E-state index in [4.69, 9.17) is 0 Å². The monoisotopic (exact) mass is 318 g/mol. The number of rotatable bonds is 6. The van der Waals surface area contributed by atoms with Gasteiger partial charge in [-0.05, 0) is 50.2 Å². The molecule has 0 radical (unpaired) electrons. The highest BCUT2D eigenvalue weighted by Crippen LogP contribution is 2.39. The molecule has 2 heterocycles. The summed E-state index contributed by atoms with van der Waals surface area (Å²) in [6.45, 7) is 4.46. The molecule has 2 fully saturated rings. The van der Waals surface area contributed by atoms with Crippen molar-refractivity contribution in [2.75, 3.05) is 24.6 Å². The number of hydrogen-bond donors (Lipinski definition) is 3. The van der Waals surface area contributed by atoms with Gasteiger partial charge in [0.15, 0.2) is 0 Å². The zero-order valence-corrected chi connectivity index (χ0v) is 13.7. The van der Waals surface area contributed by atoms with Gasteiger partial charge in [-0.25, -0.2) is 9.78 Å². The highest BCUT2D eigenvalue weighted by atomic mass is 16.3. The van der Waals surface area contributed by atoms with E-state index in [-0.39, 0.29) is 12.6 Å². The lowest BCUT2D eigenvalue weighted by molar-refractivity contribution is 0.155. The molecule has 3 rings (SSSR count). The summed E-state index contributed by atoms with van der Waals surface area (Å²) in [4.78, 5) is 18.8. The standard InChI is InChI=1S/C17H26N4O2/c1-17(12-22,14-5-6-14)20-16(23)19-11-13-4-7-15(18-10-13)21-8-2-3-9-21/h4,7,10,14,22H,2-3,5-6,8-9,11-12H2,1H3,(H2,19,20,23).